The SMILES string of the molecule is O=C(O)c1ccc([Si](c2ccc(C(=O)O)cc2)(c2ccc(C(=O)Oc3ccccc3)cc2)c2ccc(C(=O)Oc3ccccc3)cc2)cc1. The van der Waals surface area contributed by atoms with Gasteiger partial charge in [-0.25, -0.2) is 19.2 Å². The minimum absolute atomic E-state index is 0.103. The molecule has 0 aliphatic heterocycles. The van der Waals surface area contributed by atoms with Gasteiger partial charge in [0.25, 0.3) is 0 Å². The number of ether oxygens (including phenoxy) is 2. The van der Waals surface area contributed by atoms with Crippen LogP contribution in [0.15, 0.2) is 158 Å². The van der Waals surface area contributed by atoms with E-state index in [1.54, 1.807) is 97.1 Å². The Hall–Kier alpha value is -6.58. The first kappa shape index (κ1) is 32.4. The summed E-state index contributed by atoms with van der Waals surface area (Å²) in [5.41, 5.74) is 0.839. The summed E-state index contributed by atoms with van der Waals surface area (Å²) < 4.78 is 11.1. The van der Waals surface area contributed by atoms with Crippen molar-refractivity contribution in [3.8, 4) is 11.5 Å². The average molecular weight is 665 g/mol. The summed E-state index contributed by atoms with van der Waals surface area (Å²) in [5, 5.41) is 22.5. The van der Waals surface area contributed by atoms with Crippen LogP contribution in [0.3, 0.4) is 0 Å². The topological polar surface area (TPSA) is 127 Å². The maximum absolute atomic E-state index is 13.1. The molecule has 0 radical (unpaired) electrons. The molecule has 0 amide bonds. The molecule has 240 valence electrons. The van der Waals surface area contributed by atoms with Crippen LogP contribution in [0.4, 0.5) is 0 Å². The van der Waals surface area contributed by atoms with Crippen LogP contribution in [-0.2, 0) is 0 Å². The quantitative estimate of drug-likeness (QED) is 0.0917. The van der Waals surface area contributed by atoms with E-state index in [-0.39, 0.29) is 11.1 Å². The van der Waals surface area contributed by atoms with Gasteiger partial charge in [0.15, 0.2) is 8.07 Å². The van der Waals surface area contributed by atoms with Gasteiger partial charge in [-0.3, -0.25) is 0 Å². The zero-order valence-electron chi connectivity index (χ0n) is 25.9. The lowest BCUT2D eigenvalue weighted by Crippen LogP contribution is -2.74. The van der Waals surface area contributed by atoms with E-state index in [0.29, 0.717) is 22.6 Å². The highest BCUT2D eigenvalue weighted by molar-refractivity contribution is 7.19. The minimum atomic E-state index is -3.37. The van der Waals surface area contributed by atoms with E-state index in [4.69, 9.17) is 9.47 Å². The van der Waals surface area contributed by atoms with Crippen molar-refractivity contribution in [2.45, 2.75) is 0 Å². The standard InChI is InChI=1S/C40H28O8Si/c41-37(42)27-11-19-33(20-12-27)49(34-21-13-28(14-22-34)38(43)44,35-23-15-29(16-24-35)39(45)47-31-7-3-1-4-8-31)36-25-17-30(18-26-36)40(46)48-32-9-5-2-6-10-32/h1-26H,(H,41,42)(H,43,44). The molecule has 0 heterocycles. The molecular formula is C40H28O8Si. The molecule has 6 aromatic rings. The Balaban J connectivity index is 1.50. The summed E-state index contributed by atoms with van der Waals surface area (Å²) in [6.45, 7) is 0. The van der Waals surface area contributed by atoms with E-state index >= 15 is 0 Å². The Labute approximate surface area is 282 Å². The molecule has 0 saturated heterocycles. The van der Waals surface area contributed by atoms with Crippen molar-refractivity contribution < 1.29 is 38.9 Å². The van der Waals surface area contributed by atoms with Crippen LogP contribution in [0.5, 0.6) is 11.5 Å². The fraction of sp³-hybridized carbons (Fsp3) is 0. The Morgan fingerprint density at radius 3 is 0.898 bits per heavy atom. The van der Waals surface area contributed by atoms with Gasteiger partial charge in [0.2, 0.25) is 0 Å². The lowest BCUT2D eigenvalue weighted by atomic mass is 10.2. The number of carboxylic acid groups (broad SMARTS) is 2. The Bertz CT molecular complexity index is 1950. The minimum Gasteiger partial charge on any atom is -0.478 e. The van der Waals surface area contributed by atoms with Crippen LogP contribution >= 0.6 is 0 Å². The number of para-hydroxylation sites is 2. The second kappa shape index (κ2) is 14.0. The molecule has 0 saturated carbocycles. The van der Waals surface area contributed by atoms with Gasteiger partial charge in [-0.1, -0.05) is 84.9 Å². The predicted octanol–water partition coefficient (Wildman–Crippen LogP) is 4.90. The van der Waals surface area contributed by atoms with Crippen LogP contribution in [0.2, 0.25) is 0 Å². The summed E-state index contributed by atoms with van der Waals surface area (Å²) in [6, 6.07) is 44.6. The molecule has 0 spiro atoms. The van der Waals surface area contributed by atoms with Crippen molar-refractivity contribution in [3.63, 3.8) is 0 Å². The number of hydrogen-bond donors (Lipinski definition) is 2. The first-order valence-electron chi connectivity index (χ1n) is 15.2. The number of hydrogen-bond acceptors (Lipinski definition) is 6. The summed E-state index contributed by atoms with van der Waals surface area (Å²) in [4.78, 5) is 49.7. The highest BCUT2D eigenvalue weighted by Gasteiger charge is 2.42. The third kappa shape index (κ3) is 6.78. The summed E-state index contributed by atoms with van der Waals surface area (Å²) in [5.74, 6) is -2.42. The van der Waals surface area contributed by atoms with E-state index in [9.17, 15) is 29.4 Å². The second-order valence-corrected chi connectivity index (χ2v) is 14.9. The first-order valence-corrected chi connectivity index (χ1v) is 17.2. The van der Waals surface area contributed by atoms with Crippen LogP contribution in [0.25, 0.3) is 0 Å². The van der Waals surface area contributed by atoms with Gasteiger partial charge in [-0.15, -0.1) is 0 Å². The molecule has 0 unspecified atom stereocenters. The molecule has 2 N–H and O–H groups in total. The van der Waals surface area contributed by atoms with Crippen molar-refractivity contribution in [1.29, 1.82) is 0 Å². The fourth-order valence-electron chi connectivity index (χ4n) is 5.75. The molecule has 8 nitrogen and oxygen atoms in total. The Morgan fingerprint density at radius 2 is 0.633 bits per heavy atom. The van der Waals surface area contributed by atoms with Crippen LogP contribution in [0.1, 0.15) is 41.4 Å². The Morgan fingerprint density at radius 1 is 0.367 bits per heavy atom. The Kier molecular flexibility index (Phi) is 9.27. The van der Waals surface area contributed by atoms with Gasteiger partial charge in [0.05, 0.1) is 22.3 Å². The third-order valence-electron chi connectivity index (χ3n) is 8.14. The molecule has 0 aromatic heterocycles. The number of carbonyl (C=O) groups excluding carboxylic acids is 2. The zero-order valence-corrected chi connectivity index (χ0v) is 26.9. The van der Waals surface area contributed by atoms with Crippen molar-refractivity contribution in [2.75, 3.05) is 0 Å². The maximum atomic E-state index is 13.1. The molecule has 0 aliphatic carbocycles. The molecule has 0 atom stereocenters. The smallest absolute Gasteiger partial charge is 0.343 e. The van der Waals surface area contributed by atoms with Crippen LogP contribution < -0.4 is 30.2 Å². The van der Waals surface area contributed by atoms with Crippen molar-refractivity contribution in [2.24, 2.45) is 0 Å². The number of esters is 2. The molecule has 0 fully saturated rings. The van der Waals surface area contributed by atoms with Gasteiger partial charge in [-0.2, -0.15) is 0 Å². The lowest BCUT2D eigenvalue weighted by molar-refractivity contribution is 0.0686. The number of aromatic carboxylic acids is 2. The average Bonchev–Trinajstić information content (AvgIpc) is 3.14. The van der Waals surface area contributed by atoms with E-state index in [0.717, 1.165) is 20.7 Å². The summed E-state index contributed by atoms with van der Waals surface area (Å²) in [7, 11) is -3.37. The third-order valence-corrected chi connectivity index (χ3v) is 12.9. The van der Waals surface area contributed by atoms with Gasteiger partial charge in [0.1, 0.15) is 11.5 Å². The van der Waals surface area contributed by atoms with Gasteiger partial charge < -0.3 is 19.7 Å². The van der Waals surface area contributed by atoms with Crippen molar-refractivity contribution in [3.05, 3.63) is 180 Å². The van der Waals surface area contributed by atoms with E-state index < -0.39 is 32.0 Å². The lowest BCUT2D eigenvalue weighted by Gasteiger charge is -2.34. The summed E-state index contributed by atoms with van der Waals surface area (Å²) >= 11 is 0. The molecular weight excluding hydrogens is 637 g/mol. The number of carboxylic acids is 2. The van der Waals surface area contributed by atoms with Gasteiger partial charge in [0, 0.05) is 0 Å². The molecule has 6 aromatic carbocycles. The number of rotatable bonds is 10. The van der Waals surface area contributed by atoms with Crippen LogP contribution in [0, 0.1) is 0 Å². The van der Waals surface area contributed by atoms with E-state index in [1.807, 2.05) is 36.4 Å². The summed E-state index contributed by atoms with van der Waals surface area (Å²) in [6.07, 6.45) is 0. The van der Waals surface area contributed by atoms with Crippen LogP contribution in [-0.4, -0.2) is 42.2 Å². The van der Waals surface area contributed by atoms with E-state index in [1.165, 1.54) is 24.3 Å². The van der Waals surface area contributed by atoms with E-state index in [2.05, 4.69) is 0 Å². The molecule has 49 heavy (non-hydrogen) atoms. The second-order valence-electron chi connectivity index (χ2n) is 11.1. The fourth-order valence-corrected chi connectivity index (χ4v) is 10.4. The van der Waals surface area contributed by atoms with Crippen molar-refractivity contribution in [1.82, 2.24) is 0 Å². The molecule has 6 rings (SSSR count). The van der Waals surface area contributed by atoms with Gasteiger partial charge >= 0.3 is 23.9 Å². The highest BCUT2D eigenvalue weighted by atomic mass is 28.3. The number of carbonyl (C=O) groups is 4. The molecule has 0 aliphatic rings. The van der Waals surface area contributed by atoms with Crippen molar-refractivity contribution >= 4 is 52.7 Å². The zero-order chi connectivity index (χ0) is 34.4. The predicted molar refractivity (Wildman–Crippen MR) is 187 cm³/mol. The number of benzene rings is 6. The molecule has 9 heteroatoms. The maximum Gasteiger partial charge on any atom is 0.343 e. The normalized spacial score (nSPS) is 10.9. The largest absolute Gasteiger partial charge is 0.478 e. The van der Waals surface area contributed by atoms with Gasteiger partial charge in [-0.05, 0) is 93.5 Å². The highest BCUT2D eigenvalue weighted by Crippen LogP contribution is 2.17. The first-order chi connectivity index (χ1) is 23.8. The molecule has 0 bridgehead atoms. The monoisotopic (exact) mass is 664 g/mol.